The molecule has 7 heteroatoms. The van der Waals surface area contributed by atoms with E-state index in [0.29, 0.717) is 12.0 Å². The molecule has 1 aromatic heterocycles. The number of fused-ring (bicyclic) bond motifs is 1. The number of hydrogen-bond acceptors (Lipinski definition) is 3. The summed E-state index contributed by atoms with van der Waals surface area (Å²) in [6.45, 7) is 0. The maximum absolute atomic E-state index is 12.6. The van der Waals surface area contributed by atoms with Crippen LogP contribution in [-0.4, -0.2) is 16.7 Å². The molecule has 1 aliphatic carbocycles. The van der Waals surface area contributed by atoms with Crippen LogP contribution in [0.25, 0.3) is 5.57 Å². The lowest BCUT2D eigenvalue weighted by molar-refractivity contribution is -0.141. The number of anilines is 1. The van der Waals surface area contributed by atoms with Crippen molar-refractivity contribution in [3.8, 4) is 0 Å². The maximum atomic E-state index is 12.6. The molecule has 1 aliphatic rings. The van der Waals surface area contributed by atoms with E-state index in [4.69, 9.17) is 0 Å². The number of alkyl halides is 3. The largest absolute Gasteiger partial charge is 0.433 e. The standard InChI is InChI=1S/C17H11F3N2O2/c18-17(19,20)13-6-3-7-14(21-13)22-16(24)15(23)12-9-8-10-4-1-2-5-11(10)12/h1-7,9H,8H2,(H,21,22,24). The molecule has 0 unspecified atom stereocenters. The van der Waals surface area contributed by atoms with E-state index in [-0.39, 0.29) is 11.4 Å². The summed E-state index contributed by atoms with van der Waals surface area (Å²) in [5.74, 6) is -2.15. The van der Waals surface area contributed by atoms with Crippen molar-refractivity contribution >= 4 is 23.1 Å². The van der Waals surface area contributed by atoms with Crippen LogP contribution in [0.15, 0.2) is 48.5 Å². The van der Waals surface area contributed by atoms with E-state index in [0.717, 1.165) is 17.7 Å². The van der Waals surface area contributed by atoms with Crippen LogP contribution < -0.4 is 5.32 Å². The Labute approximate surface area is 135 Å². The Morgan fingerprint density at radius 3 is 2.54 bits per heavy atom. The van der Waals surface area contributed by atoms with Gasteiger partial charge in [-0.05, 0) is 29.7 Å². The predicted octanol–water partition coefficient (Wildman–Crippen LogP) is 3.25. The van der Waals surface area contributed by atoms with Gasteiger partial charge >= 0.3 is 6.18 Å². The SMILES string of the molecule is O=C(Nc1cccc(C(F)(F)F)n1)C(=O)C1=CCc2ccccc21. The van der Waals surface area contributed by atoms with Gasteiger partial charge in [0.2, 0.25) is 0 Å². The summed E-state index contributed by atoms with van der Waals surface area (Å²) in [7, 11) is 0. The second-order valence-corrected chi connectivity index (χ2v) is 5.17. The minimum Gasteiger partial charge on any atom is -0.304 e. The van der Waals surface area contributed by atoms with E-state index in [1.807, 2.05) is 12.1 Å². The van der Waals surface area contributed by atoms with Crippen molar-refractivity contribution in [1.29, 1.82) is 0 Å². The van der Waals surface area contributed by atoms with Gasteiger partial charge in [0.05, 0.1) is 0 Å². The van der Waals surface area contributed by atoms with Crippen LogP contribution in [0.5, 0.6) is 0 Å². The zero-order valence-electron chi connectivity index (χ0n) is 12.2. The molecule has 0 saturated carbocycles. The number of Topliss-reactive ketones (excluding diaryl/α,β-unsaturated/α-hetero) is 1. The molecule has 2 aromatic rings. The van der Waals surface area contributed by atoms with Crippen molar-refractivity contribution in [3.05, 3.63) is 65.4 Å². The zero-order valence-corrected chi connectivity index (χ0v) is 12.2. The van der Waals surface area contributed by atoms with Crippen molar-refractivity contribution in [1.82, 2.24) is 4.98 Å². The van der Waals surface area contributed by atoms with E-state index < -0.39 is 23.6 Å². The molecule has 1 N–H and O–H groups in total. The first-order valence-corrected chi connectivity index (χ1v) is 7.04. The minimum atomic E-state index is -4.63. The smallest absolute Gasteiger partial charge is 0.304 e. The molecule has 122 valence electrons. The molecular formula is C17H11F3N2O2. The monoisotopic (exact) mass is 332 g/mol. The number of allylic oxidation sites excluding steroid dienone is 1. The highest BCUT2D eigenvalue weighted by Gasteiger charge is 2.33. The van der Waals surface area contributed by atoms with E-state index in [2.05, 4.69) is 10.3 Å². The number of ketones is 1. The van der Waals surface area contributed by atoms with Crippen molar-refractivity contribution < 1.29 is 22.8 Å². The molecular weight excluding hydrogens is 321 g/mol. The van der Waals surface area contributed by atoms with Gasteiger partial charge in [0.25, 0.3) is 11.7 Å². The quantitative estimate of drug-likeness (QED) is 0.878. The molecule has 1 aromatic carbocycles. The average Bonchev–Trinajstić information content (AvgIpc) is 2.97. The molecule has 1 heterocycles. The predicted molar refractivity (Wildman–Crippen MR) is 81.0 cm³/mol. The van der Waals surface area contributed by atoms with Crippen LogP contribution in [0.2, 0.25) is 0 Å². The fourth-order valence-corrected chi connectivity index (χ4v) is 2.46. The van der Waals surface area contributed by atoms with Crippen molar-refractivity contribution in [2.24, 2.45) is 0 Å². The number of rotatable bonds is 3. The normalized spacial score (nSPS) is 13.2. The summed E-state index contributed by atoms with van der Waals surface area (Å²) in [6.07, 6.45) is -2.46. The van der Waals surface area contributed by atoms with Gasteiger partial charge in [-0.3, -0.25) is 9.59 Å². The van der Waals surface area contributed by atoms with Crippen LogP contribution in [0.4, 0.5) is 19.0 Å². The number of benzene rings is 1. The second kappa shape index (κ2) is 5.92. The topological polar surface area (TPSA) is 59.1 Å². The van der Waals surface area contributed by atoms with Crippen LogP contribution >= 0.6 is 0 Å². The molecule has 0 aliphatic heterocycles. The second-order valence-electron chi connectivity index (χ2n) is 5.17. The van der Waals surface area contributed by atoms with Gasteiger partial charge < -0.3 is 5.32 Å². The first kappa shape index (κ1) is 15.9. The highest BCUT2D eigenvalue weighted by molar-refractivity contribution is 6.56. The molecule has 0 fully saturated rings. The van der Waals surface area contributed by atoms with E-state index in [1.165, 1.54) is 6.07 Å². The number of amides is 1. The maximum Gasteiger partial charge on any atom is 0.433 e. The van der Waals surface area contributed by atoms with Gasteiger partial charge in [-0.15, -0.1) is 0 Å². The lowest BCUT2D eigenvalue weighted by atomic mass is 10.0. The Kier molecular flexibility index (Phi) is 3.92. The molecule has 24 heavy (non-hydrogen) atoms. The number of carbonyl (C=O) groups excluding carboxylic acids is 2. The van der Waals surface area contributed by atoms with E-state index in [1.54, 1.807) is 18.2 Å². The molecule has 3 rings (SSSR count). The first-order valence-electron chi connectivity index (χ1n) is 7.04. The summed E-state index contributed by atoms with van der Waals surface area (Å²) in [5.41, 5.74) is 0.689. The third-order valence-corrected chi connectivity index (χ3v) is 3.57. The van der Waals surface area contributed by atoms with Gasteiger partial charge in [0, 0.05) is 5.57 Å². The first-order chi connectivity index (χ1) is 11.4. The van der Waals surface area contributed by atoms with Crippen LogP contribution in [0, 0.1) is 0 Å². The number of hydrogen-bond donors (Lipinski definition) is 1. The van der Waals surface area contributed by atoms with Crippen LogP contribution in [0.3, 0.4) is 0 Å². The van der Waals surface area contributed by atoms with Crippen molar-refractivity contribution in [2.45, 2.75) is 12.6 Å². The van der Waals surface area contributed by atoms with Gasteiger partial charge in [0.1, 0.15) is 11.5 Å². The van der Waals surface area contributed by atoms with Crippen molar-refractivity contribution in [2.75, 3.05) is 5.32 Å². The van der Waals surface area contributed by atoms with Gasteiger partial charge in [-0.2, -0.15) is 13.2 Å². The summed E-state index contributed by atoms with van der Waals surface area (Å²) in [6, 6.07) is 10.2. The molecule has 0 saturated heterocycles. The molecule has 1 amide bonds. The highest BCUT2D eigenvalue weighted by Crippen LogP contribution is 2.29. The zero-order chi connectivity index (χ0) is 17.3. The van der Waals surface area contributed by atoms with Crippen LogP contribution in [0.1, 0.15) is 16.8 Å². The summed E-state index contributed by atoms with van der Waals surface area (Å²) in [4.78, 5) is 27.6. The third-order valence-electron chi connectivity index (χ3n) is 3.57. The Hall–Kier alpha value is -2.96. The molecule has 0 spiro atoms. The lowest BCUT2D eigenvalue weighted by Crippen LogP contribution is -2.24. The number of nitrogens with one attached hydrogen (secondary N) is 1. The molecule has 0 bridgehead atoms. The summed E-state index contributed by atoms with van der Waals surface area (Å²) < 4.78 is 37.9. The van der Waals surface area contributed by atoms with E-state index in [9.17, 15) is 22.8 Å². The Bertz CT molecular complexity index is 857. The minimum absolute atomic E-state index is 0.245. The lowest BCUT2D eigenvalue weighted by Gasteiger charge is -2.09. The molecule has 4 nitrogen and oxygen atoms in total. The number of nitrogens with zero attached hydrogens (tertiary/aromatic N) is 1. The number of carbonyl (C=O) groups is 2. The number of pyridine rings is 1. The Morgan fingerprint density at radius 2 is 1.79 bits per heavy atom. The third kappa shape index (κ3) is 3.05. The Balaban J connectivity index is 1.78. The van der Waals surface area contributed by atoms with E-state index >= 15 is 0 Å². The fraction of sp³-hybridized carbons (Fsp3) is 0.118. The fourth-order valence-electron chi connectivity index (χ4n) is 2.46. The number of aromatic nitrogens is 1. The molecule has 0 radical (unpaired) electrons. The number of halogens is 3. The van der Waals surface area contributed by atoms with Crippen molar-refractivity contribution in [3.63, 3.8) is 0 Å². The van der Waals surface area contributed by atoms with Gasteiger partial charge in [0.15, 0.2) is 0 Å². The van der Waals surface area contributed by atoms with Gasteiger partial charge in [-0.1, -0.05) is 36.4 Å². The Morgan fingerprint density at radius 1 is 1.04 bits per heavy atom. The molecule has 0 atom stereocenters. The highest BCUT2D eigenvalue weighted by atomic mass is 19.4. The van der Waals surface area contributed by atoms with Gasteiger partial charge in [-0.25, -0.2) is 4.98 Å². The average molecular weight is 332 g/mol. The summed E-state index contributed by atoms with van der Waals surface area (Å²) in [5, 5.41) is 2.12. The van der Waals surface area contributed by atoms with Crippen LogP contribution in [-0.2, 0) is 22.2 Å². The summed E-state index contributed by atoms with van der Waals surface area (Å²) >= 11 is 0.